The molecule has 0 fully saturated rings. The number of thiazole rings is 1. The van der Waals surface area contributed by atoms with Crippen LogP contribution in [0.2, 0.25) is 0 Å². The number of aromatic nitrogens is 3. The zero-order valence-electron chi connectivity index (χ0n) is 13.4. The Morgan fingerprint density at radius 3 is 2.62 bits per heavy atom. The molecule has 0 aliphatic heterocycles. The van der Waals surface area contributed by atoms with Crippen molar-refractivity contribution in [1.29, 1.82) is 0 Å². The Labute approximate surface area is 131 Å². The first-order valence-electron chi connectivity index (χ1n) is 7.97. The van der Waals surface area contributed by atoms with Gasteiger partial charge in [0.05, 0.1) is 6.20 Å². The number of hydrogen-bond acceptors (Lipinski definition) is 4. The van der Waals surface area contributed by atoms with Crippen molar-refractivity contribution in [3.8, 4) is 5.13 Å². The summed E-state index contributed by atoms with van der Waals surface area (Å²) in [5.74, 6) is 0. The summed E-state index contributed by atoms with van der Waals surface area (Å²) in [6.07, 6.45) is 10.7. The van der Waals surface area contributed by atoms with Crippen LogP contribution in [-0.4, -0.2) is 39.3 Å². The first kappa shape index (κ1) is 16.2. The van der Waals surface area contributed by atoms with E-state index in [4.69, 9.17) is 0 Å². The Morgan fingerprint density at radius 2 is 1.95 bits per heavy atom. The van der Waals surface area contributed by atoms with Gasteiger partial charge in [-0.2, -0.15) is 5.10 Å². The van der Waals surface area contributed by atoms with Gasteiger partial charge in [0, 0.05) is 17.3 Å². The minimum Gasteiger partial charge on any atom is -0.304 e. The van der Waals surface area contributed by atoms with Gasteiger partial charge in [0.15, 0.2) is 0 Å². The number of aryl methyl sites for hydroxylation is 2. The smallest absolute Gasteiger partial charge is 0.210 e. The topological polar surface area (TPSA) is 34.0 Å². The van der Waals surface area contributed by atoms with Crippen molar-refractivity contribution in [2.24, 2.45) is 0 Å². The van der Waals surface area contributed by atoms with Gasteiger partial charge in [-0.15, -0.1) is 0 Å². The minimum atomic E-state index is 0.973. The van der Waals surface area contributed by atoms with Gasteiger partial charge in [-0.1, -0.05) is 32.1 Å². The monoisotopic (exact) mass is 306 g/mol. The van der Waals surface area contributed by atoms with E-state index >= 15 is 0 Å². The molecule has 2 heterocycles. The van der Waals surface area contributed by atoms with Gasteiger partial charge < -0.3 is 4.90 Å². The van der Waals surface area contributed by atoms with Crippen LogP contribution in [0.3, 0.4) is 0 Å². The Hall–Kier alpha value is -1.20. The molecule has 4 nitrogen and oxygen atoms in total. The van der Waals surface area contributed by atoms with Crippen LogP contribution in [0.4, 0.5) is 0 Å². The highest BCUT2D eigenvalue weighted by Gasteiger charge is 2.06. The Kier molecular flexibility index (Phi) is 6.39. The number of rotatable bonds is 9. The summed E-state index contributed by atoms with van der Waals surface area (Å²) in [6.45, 7) is 10.1. The first-order valence-corrected chi connectivity index (χ1v) is 8.79. The fourth-order valence-corrected chi connectivity index (χ4v) is 3.15. The summed E-state index contributed by atoms with van der Waals surface area (Å²) in [4.78, 5) is 8.21. The van der Waals surface area contributed by atoms with E-state index in [0.29, 0.717) is 0 Å². The fourth-order valence-electron chi connectivity index (χ4n) is 2.36. The molecular formula is C16H26N4S. The predicted octanol–water partition coefficient (Wildman–Crippen LogP) is 3.56. The number of hydrogen-bond donors (Lipinski definition) is 0. The lowest BCUT2D eigenvalue weighted by molar-refractivity contribution is 0.297. The zero-order chi connectivity index (χ0) is 15.1. The van der Waals surface area contributed by atoms with E-state index < -0.39 is 0 Å². The molecule has 0 saturated heterocycles. The molecule has 0 aliphatic rings. The van der Waals surface area contributed by atoms with Crippen molar-refractivity contribution in [2.45, 2.75) is 46.5 Å². The molecule has 0 aromatic carbocycles. The average Bonchev–Trinajstić information content (AvgIpc) is 3.16. The minimum absolute atomic E-state index is 0.973. The van der Waals surface area contributed by atoms with E-state index in [0.717, 1.165) is 31.1 Å². The van der Waals surface area contributed by atoms with Gasteiger partial charge in [-0.3, -0.25) is 0 Å². The molecule has 0 aliphatic carbocycles. The van der Waals surface area contributed by atoms with Crippen LogP contribution in [0.25, 0.3) is 5.13 Å². The van der Waals surface area contributed by atoms with Crippen molar-refractivity contribution < 1.29 is 0 Å². The van der Waals surface area contributed by atoms with Crippen molar-refractivity contribution in [3.63, 3.8) is 0 Å². The summed E-state index contributed by atoms with van der Waals surface area (Å²) in [7, 11) is 0. The molecule has 0 radical (unpaired) electrons. The molecule has 0 saturated carbocycles. The lowest BCUT2D eigenvalue weighted by atomic mass is 10.1. The van der Waals surface area contributed by atoms with E-state index in [9.17, 15) is 0 Å². The van der Waals surface area contributed by atoms with Gasteiger partial charge in [0.25, 0.3) is 0 Å². The highest BCUT2D eigenvalue weighted by atomic mass is 32.1. The SMILES string of the molecule is CCc1cnc(-n2cc(CCCCN(CC)CC)cn2)s1. The molecule has 2 aromatic heterocycles. The van der Waals surface area contributed by atoms with Gasteiger partial charge in [0.2, 0.25) is 5.13 Å². The highest BCUT2D eigenvalue weighted by Crippen LogP contribution is 2.18. The molecular weight excluding hydrogens is 280 g/mol. The molecule has 0 N–H and O–H groups in total. The summed E-state index contributed by atoms with van der Waals surface area (Å²) in [5, 5.41) is 5.41. The molecule has 21 heavy (non-hydrogen) atoms. The molecule has 2 rings (SSSR count). The van der Waals surface area contributed by atoms with Gasteiger partial charge in [-0.05, 0) is 50.9 Å². The van der Waals surface area contributed by atoms with Crippen molar-refractivity contribution >= 4 is 11.3 Å². The summed E-state index contributed by atoms with van der Waals surface area (Å²) in [6, 6.07) is 0. The van der Waals surface area contributed by atoms with Crippen LogP contribution in [0, 0.1) is 0 Å². The second-order valence-electron chi connectivity index (χ2n) is 5.24. The van der Waals surface area contributed by atoms with E-state index in [1.807, 2.05) is 17.1 Å². The van der Waals surface area contributed by atoms with Crippen molar-refractivity contribution in [3.05, 3.63) is 29.0 Å². The average molecular weight is 306 g/mol. The summed E-state index contributed by atoms with van der Waals surface area (Å²) >= 11 is 1.72. The lowest BCUT2D eigenvalue weighted by Gasteiger charge is -2.17. The van der Waals surface area contributed by atoms with E-state index in [1.54, 1.807) is 11.3 Å². The predicted molar refractivity (Wildman–Crippen MR) is 89.3 cm³/mol. The lowest BCUT2D eigenvalue weighted by Crippen LogP contribution is -2.23. The van der Waals surface area contributed by atoms with E-state index in [-0.39, 0.29) is 0 Å². The van der Waals surface area contributed by atoms with Crippen LogP contribution in [-0.2, 0) is 12.8 Å². The maximum atomic E-state index is 4.43. The van der Waals surface area contributed by atoms with Crippen LogP contribution in [0.15, 0.2) is 18.6 Å². The number of nitrogens with zero attached hydrogens (tertiary/aromatic N) is 4. The third kappa shape index (κ3) is 4.64. The molecule has 0 bridgehead atoms. The van der Waals surface area contributed by atoms with Crippen LogP contribution >= 0.6 is 11.3 Å². The number of unbranched alkanes of at least 4 members (excludes halogenated alkanes) is 1. The van der Waals surface area contributed by atoms with Crippen molar-refractivity contribution in [2.75, 3.05) is 19.6 Å². The summed E-state index contributed by atoms with van der Waals surface area (Å²) in [5.41, 5.74) is 1.31. The maximum Gasteiger partial charge on any atom is 0.210 e. The second kappa shape index (κ2) is 8.29. The quantitative estimate of drug-likeness (QED) is 0.664. The van der Waals surface area contributed by atoms with Crippen LogP contribution in [0.5, 0.6) is 0 Å². The van der Waals surface area contributed by atoms with Gasteiger partial charge in [0.1, 0.15) is 0 Å². The molecule has 0 spiro atoms. The van der Waals surface area contributed by atoms with Gasteiger partial charge in [-0.25, -0.2) is 9.67 Å². The molecule has 0 amide bonds. The summed E-state index contributed by atoms with van der Waals surface area (Å²) < 4.78 is 1.91. The molecule has 2 aromatic rings. The second-order valence-corrected chi connectivity index (χ2v) is 6.33. The van der Waals surface area contributed by atoms with E-state index in [1.165, 1.54) is 29.8 Å². The Balaban J connectivity index is 1.80. The third-order valence-electron chi connectivity index (χ3n) is 3.81. The standard InChI is InChI=1S/C16H26N4S/c1-4-15-12-17-16(21-15)20-13-14(11-18-20)9-7-8-10-19(5-2)6-3/h11-13H,4-10H2,1-3H3. The van der Waals surface area contributed by atoms with Crippen LogP contribution < -0.4 is 0 Å². The van der Waals surface area contributed by atoms with Crippen LogP contribution in [0.1, 0.15) is 44.1 Å². The third-order valence-corrected chi connectivity index (χ3v) is 4.94. The fraction of sp³-hybridized carbons (Fsp3) is 0.625. The largest absolute Gasteiger partial charge is 0.304 e. The Bertz CT molecular complexity index is 528. The molecule has 0 atom stereocenters. The highest BCUT2D eigenvalue weighted by molar-refractivity contribution is 7.14. The maximum absolute atomic E-state index is 4.43. The normalized spacial score (nSPS) is 11.4. The van der Waals surface area contributed by atoms with Gasteiger partial charge >= 0.3 is 0 Å². The zero-order valence-corrected chi connectivity index (χ0v) is 14.2. The molecule has 0 unspecified atom stereocenters. The van der Waals surface area contributed by atoms with E-state index in [2.05, 4.69) is 42.0 Å². The molecule has 5 heteroatoms. The Morgan fingerprint density at radius 1 is 1.14 bits per heavy atom. The first-order chi connectivity index (χ1) is 10.3. The molecule has 116 valence electrons. The van der Waals surface area contributed by atoms with Crippen molar-refractivity contribution in [1.82, 2.24) is 19.7 Å².